The van der Waals surface area contributed by atoms with Gasteiger partial charge in [-0.25, -0.2) is 0 Å². The standard InChI is InChI=1S/C2H4N4.Na.H/c3-1-6-2(4)5;;/h(H4,4,5,6);;/q;+1;-1. The fraction of sp³-hybridized carbons (Fsp3) is 0. The third kappa shape index (κ3) is 10.7. The van der Waals surface area contributed by atoms with Crippen LogP contribution in [-0.4, -0.2) is 5.96 Å². The summed E-state index contributed by atoms with van der Waals surface area (Å²) in [4.78, 5) is 2.90. The van der Waals surface area contributed by atoms with E-state index >= 15 is 0 Å². The smallest absolute Gasteiger partial charge is 1.00 e. The SMILES string of the molecule is N#CN=C(N)N.[H-].[Na+]. The van der Waals surface area contributed by atoms with Crippen LogP contribution in [0.15, 0.2) is 4.99 Å². The van der Waals surface area contributed by atoms with E-state index in [0.717, 1.165) is 0 Å². The fourth-order valence-corrected chi connectivity index (χ4v) is 0.0577. The molecule has 0 atom stereocenters. The Morgan fingerprint density at radius 2 is 2.14 bits per heavy atom. The molecular weight excluding hydrogens is 103 g/mol. The summed E-state index contributed by atoms with van der Waals surface area (Å²) in [6.07, 6.45) is 1.41. The van der Waals surface area contributed by atoms with Gasteiger partial charge in [0, 0.05) is 0 Å². The molecule has 0 aliphatic heterocycles. The van der Waals surface area contributed by atoms with Crippen LogP contribution in [0.3, 0.4) is 0 Å². The first-order valence-corrected chi connectivity index (χ1v) is 1.25. The molecule has 0 fully saturated rings. The van der Waals surface area contributed by atoms with Gasteiger partial charge in [-0.15, -0.1) is 4.99 Å². The average molecular weight is 108 g/mol. The summed E-state index contributed by atoms with van der Waals surface area (Å²) in [7, 11) is 0. The van der Waals surface area contributed by atoms with Crippen molar-refractivity contribution in [3.05, 3.63) is 0 Å². The molecule has 4 nitrogen and oxygen atoms in total. The Labute approximate surface area is 65.0 Å². The Balaban J connectivity index is -0.000000125. The maximum Gasteiger partial charge on any atom is 1.00 e. The van der Waals surface area contributed by atoms with E-state index in [4.69, 9.17) is 16.7 Å². The third-order valence-electron chi connectivity index (χ3n) is 0.179. The van der Waals surface area contributed by atoms with E-state index in [1.807, 2.05) is 0 Å². The number of guanidine groups is 1. The summed E-state index contributed by atoms with van der Waals surface area (Å²) in [6.45, 7) is 0. The molecule has 0 saturated carbocycles. The van der Waals surface area contributed by atoms with Gasteiger partial charge in [0.05, 0.1) is 0 Å². The normalized spacial score (nSPS) is 5.00. The van der Waals surface area contributed by atoms with Crippen molar-refractivity contribution in [1.82, 2.24) is 0 Å². The van der Waals surface area contributed by atoms with Gasteiger partial charge in [-0.3, -0.25) is 0 Å². The maximum absolute atomic E-state index is 7.64. The Hall–Kier alpha value is -0.240. The van der Waals surface area contributed by atoms with Crippen molar-refractivity contribution >= 4 is 5.96 Å². The van der Waals surface area contributed by atoms with Crippen LogP contribution in [0.5, 0.6) is 0 Å². The summed E-state index contributed by atoms with van der Waals surface area (Å²) in [5.74, 6) is -0.197. The van der Waals surface area contributed by atoms with Gasteiger partial charge in [0.1, 0.15) is 0 Å². The van der Waals surface area contributed by atoms with Crippen molar-refractivity contribution in [2.45, 2.75) is 0 Å². The summed E-state index contributed by atoms with van der Waals surface area (Å²) < 4.78 is 0. The Morgan fingerprint density at radius 1 is 1.71 bits per heavy atom. The number of hydrogen-bond donors (Lipinski definition) is 2. The van der Waals surface area contributed by atoms with Gasteiger partial charge < -0.3 is 12.9 Å². The van der Waals surface area contributed by atoms with Crippen LogP contribution in [0.2, 0.25) is 0 Å². The molecule has 0 rings (SSSR count). The topological polar surface area (TPSA) is 88.2 Å². The van der Waals surface area contributed by atoms with Crippen LogP contribution < -0.4 is 41.0 Å². The molecule has 0 aliphatic carbocycles. The molecule has 0 radical (unpaired) electrons. The van der Waals surface area contributed by atoms with Crippen LogP contribution in [0.25, 0.3) is 0 Å². The van der Waals surface area contributed by atoms with Gasteiger partial charge >= 0.3 is 29.6 Å². The van der Waals surface area contributed by atoms with Crippen LogP contribution in [-0.2, 0) is 0 Å². The van der Waals surface area contributed by atoms with Gasteiger partial charge in [0.25, 0.3) is 0 Å². The van der Waals surface area contributed by atoms with E-state index < -0.39 is 0 Å². The first kappa shape index (κ1) is 9.90. The van der Waals surface area contributed by atoms with Gasteiger partial charge in [-0.1, -0.05) is 0 Å². The number of aliphatic imine (C=N–C) groups is 1. The maximum atomic E-state index is 7.64. The second-order valence-corrected chi connectivity index (χ2v) is 0.637. The molecule has 34 valence electrons. The molecule has 0 unspecified atom stereocenters. The monoisotopic (exact) mass is 108 g/mol. The van der Waals surface area contributed by atoms with Crippen molar-refractivity contribution in [2.24, 2.45) is 16.5 Å². The quantitative estimate of drug-likeness (QED) is 0.143. The third-order valence-corrected chi connectivity index (χ3v) is 0.179. The first-order chi connectivity index (χ1) is 2.77. The largest absolute Gasteiger partial charge is 1.00 e. The summed E-state index contributed by atoms with van der Waals surface area (Å²) in [5.41, 5.74) is 9.42. The van der Waals surface area contributed by atoms with Crippen LogP contribution in [0.1, 0.15) is 1.43 Å². The van der Waals surface area contributed by atoms with Crippen molar-refractivity contribution < 1.29 is 31.0 Å². The van der Waals surface area contributed by atoms with E-state index in [1.54, 1.807) is 0 Å². The van der Waals surface area contributed by atoms with E-state index in [9.17, 15) is 0 Å². The second-order valence-electron chi connectivity index (χ2n) is 0.637. The summed E-state index contributed by atoms with van der Waals surface area (Å²) in [5, 5.41) is 7.64. The van der Waals surface area contributed by atoms with E-state index in [1.165, 1.54) is 6.19 Å². The zero-order chi connectivity index (χ0) is 4.99. The first-order valence-electron chi connectivity index (χ1n) is 1.25. The molecule has 0 spiro atoms. The molecular formula is C2H5N4Na. The molecule has 0 bridgehead atoms. The molecule has 5 heteroatoms. The molecule has 0 aromatic carbocycles. The number of nitriles is 1. The van der Waals surface area contributed by atoms with Crippen molar-refractivity contribution in [3.8, 4) is 6.19 Å². The van der Waals surface area contributed by atoms with Gasteiger partial charge in [-0.05, 0) is 0 Å². The van der Waals surface area contributed by atoms with E-state index in [-0.39, 0.29) is 36.9 Å². The number of nitrogens with two attached hydrogens (primary N) is 2. The Kier molecular flexibility index (Phi) is 8.15. The number of rotatable bonds is 0. The molecule has 0 heterocycles. The minimum absolute atomic E-state index is 0. The zero-order valence-electron chi connectivity index (χ0n) is 5.05. The molecule has 0 aromatic rings. The van der Waals surface area contributed by atoms with Gasteiger partial charge in [0.15, 0.2) is 0 Å². The minimum Gasteiger partial charge on any atom is -1.00 e. The molecule has 4 N–H and O–H groups in total. The summed E-state index contributed by atoms with van der Waals surface area (Å²) >= 11 is 0. The Bertz CT molecular complexity index is 101. The molecule has 0 saturated heterocycles. The molecule has 0 aromatic heterocycles. The van der Waals surface area contributed by atoms with Gasteiger partial charge in [-0.2, -0.15) is 5.26 Å². The fourth-order valence-electron chi connectivity index (χ4n) is 0.0577. The van der Waals surface area contributed by atoms with E-state index in [0.29, 0.717) is 0 Å². The predicted molar refractivity (Wildman–Crippen MR) is 22.5 cm³/mol. The Morgan fingerprint density at radius 3 is 2.14 bits per heavy atom. The number of hydrogen-bond acceptors (Lipinski definition) is 2. The molecule has 0 aliphatic rings. The van der Waals surface area contributed by atoms with Crippen LogP contribution in [0.4, 0.5) is 0 Å². The average Bonchev–Trinajstić information content (AvgIpc) is 1.35. The molecule has 7 heavy (non-hydrogen) atoms. The minimum atomic E-state index is -0.197. The van der Waals surface area contributed by atoms with Crippen molar-refractivity contribution in [1.29, 1.82) is 5.26 Å². The zero-order valence-corrected chi connectivity index (χ0v) is 6.05. The molecule has 0 amide bonds. The second kappa shape index (κ2) is 5.76. The summed E-state index contributed by atoms with van der Waals surface area (Å²) in [6, 6.07) is 0. The number of nitrogens with zero attached hydrogens (tertiary/aromatic N) is 2. The van der Waals surface area contributed by atoms with E-state index in [2.05, 4.69) is 4.99 Å². The van der Waals surface area contributed by atoms with Crippen molar-refractivity contribution in [3.63, 3.8) is 0 Å². The van der Waals surface area contributed by atoms with Crippen LogP contribution in [0, 0.1) is 11.5 Å². The van der Waals surface area contributed by atoms with Crippen molar-refractivity contribution in [2.75, 3.05) is 0 Å². The van der Waals surface area contributed by atoms with Gasteiger partial charge in [0.2, 0.25) is 12.2 Å². The predicted octanol–water partition coefficient (Wildman–Crippen LogP) is -4.14. The van der Waals surface area contributed by atoms with Crippen LogP contribution >= 0.6 is 0 Å².